The molecule has 0 spiro atoms. The second-order valence-corrected chi connectivity index (χ2v) is 5.18. The maximum atomic E-state index is 11.8. The van der Waals surface area contributed by atoms with Gasteiger partial charge in [0.1, 0.15) is 0 Å². The molecule has 0 aliphatic rings. The summed E-state index contributed by atoms with van der Waals surface area (Å²) in [6.45, 7) is 0. The normalized spacial score (nSPS) is 12.1. The molecule has 0 saturated heterocycles. The number of nitrogens with zero attached hydrogens (tertiary/aromatic N) is 1. The van der Waals surface area contributed by atoms with E-state index in [0.29, 0.717) is 33.5 Å². The highest BCUT2D eigenvalue weighted by Crippen LogP contribution is 2.27. The molecule has 0 aromatic heterocycles. The van der Waals surface area contributed by atoms with E-state index in [1.807, 2.05) is 6.07 Å². The first kappa shape index (κ1) is 12.5. The van der Waals surface area contributed by atoms with E-state index >= 15 is 0 Å². The third-order valence-electron chi connectivity index (χ3n) is 1.76. The van der Waals surface area contributed by atoms with Crippen LogP contribution in [0.4, 0.5) is 0 Å². The van der Waals surface area contributed by atoms with E-state index in [1.54, 1.807) is 18.2 Å². The van der Waals surface area contributed by atoms with Gasteiger partial charge < -0.3 is 0 Å². The quantitative estimate of drug-likeness (QED) is 0.780. The average molecular weight is 262 g/mol. The van der Waals surface area contributed by atoms with Gasteiger partial charge in [0.15, 0.2) is 0 Å². The van der Waals surface area contributed by atoms with Crippen molar-refractivity contribution in [2.24, 2.45) is 0 Å². The van der Waals surface area contributed by atoms with E-state index in [2.05, 4.69) is 0 Å². The first-order chi connectivity index (χ1) is 7.16. The number of halogens is 2. The molecule has 5 heteroatoms. The van der Waals surface area contributed by atoms with E-state index in [1.165, 1.54) is 0 Å². The molecule has 0 radical (unpaired) electrons. The summed E-state index contributed by atoms with van der Waals surface area (Å²) < 4.78 is 11.8. The van der Waals surface area contributed by atoms with E-state index in [-0.39, 0.29) is 0 Å². The van der Waals surface area contributed by atoms with E-state index in [9.17, 15) is 4.21 Å². The summed E-state index contributed by atoms with van der Waals surface area (Å²) in [5.74, 6) is 0.414. The largest absolute Gasteiger partial charge is 0.254 e. The van der Waals surface area contributed by atoms with Gasteiger partial charge in [0, 0.05) is 12.2 Å². The fourth-order valence-electron chi connectivity index (χ4n) is 1.08. The van der Waals surface area contributed by atoms with Crippen LogP contribution in [0.2, 0.25) is 10.0 Å². The molecule has 1 atom stereocenters. The third kappa shape index (κ3) is 3.49. The van der Waals surface area contributed by atoms with Gasteiger partial charge in [0.25, 0.3) is 0 Å². The van der Waals surface area contributed by atoms with Crippen LogP contribution in [0.25, 0.3) is 0 Å². The zero-order valence-electron chi connectivity index (χ0n) is 7.87. The van der Waals surface area contributed by atoms with E-state index in [0.717, 1.165) is 0 Å². The van der Waals surface area contributed by atoms with Crippen LogP contribution in [-0.2, 0) is 10.8 Å². The van der Waals surface area contributed by atoms with Gasteiger partial charge in [-0.05, 0) is 18.6 Å². The second kappa shape index (κ2) is 6.12. The first-order valence-corrected chi connectivity index (χ1v) is 6.43. The maximum Gasteiger partial charge on any atom is 0.0760 e. The highest BCUT2D eigenvalue weighted by Gasteiger charge is 2.12. The zero-order valence-corrected chi connectivity index (χ0v) is 10.2. The summed E-state index contributed by atoms with van der Waals surface area (Å²) in [5, 5.41) is 9.19. The molecule has 0 saturated carbocycles. The highest BCUT2D eigenvalue weighted by molar-refractivity contribution is 7.85. The molecule has 1 aromatic rings. The number of nitriles is 1. The Morgan fingerprint density at radius 3 is 2.47 bits per heavy atom. The summed E-state index contributed by atoms with van der Waals surface area (Å²) in [5.41, 5.74) is 0. The Morgan fingerprint density at radius 1 is 1.33 bits per heavy atom. The van der Waals surface area contributed by atoms with Crippen LogP contribution in [0.1, 0.15) is 12.8 Å². The van der Waals surface area contributed by atoms with Gasteiger partial charge in [0.05, 0.1) is 31.8 Å². The third-order valence-corrected chi connectivity index (χ3v) is 4.17. The van der Waals surface area contributed by atoms with E-state index < -0.39 is 10.8 Å². The van der Waals surface area contributed by atoms with Gasteiger partial charge in [-0.15, -0.1) is 0 Å². The van der Waals surface area contributed by atoms with Crippen molar-refractivity contribution in [2.45, 2.75) is 17.7 Å². The fraction of sp³-hybridized carbons (Fsp3) is 0.300. The number of rotatable bonds is 4. The van der Waals surface area contributed by atoms with E-state index in [4.69, 9.17) is 28.5 Å². The molecule has 1 aromatic carbocycles. The van der Waals surface area contributed by atoms with Gasteiger partial charge in [-0.25, -0.2) is 0 Å². The van der Waals surface area contributed by atoms with Crippen molar-refractivity contribution in [1.82, 2.24) is 0 Å². The molecule has 1 unspecified atom stereocenters. The lowest BCUT2D eigenvalue weighted by atomic mass is 10.4. The first-order valence-electron chi connectivity index (χ1n) is 4.36. The Bertz CT molecular complexity index is 394. The smallest absolute Gasteiger partial charge is 0.0760 e. The molecule has 15 heavy (non-hydrogen) atoms. The van der Waals surface area contributed by atoms with Crippen LogP contribution in [0.15, 0.2) is 23.1 Å². The van der Waals surface area contributed by atoms with Gasteiger partial charge in [0.2, 0.25) is 0 Å². The van der Waals surface area contributed by atoms with Gasteiger partial charge in [-0.3, -0.25) is 4.21 Å². The minimum Gasteiger partial charge on any atom is -0.254 e. The van der Waals surface area contributed by atoms with Crippen molar-refractivity contribution in [1.29, 1.82) is 5.26 Å². The molecule has 0 amide bonds. The molecular formula is C10H9Cl2NOS. The standard InChI is InChI=1S/C10H9Cl2NOS/c11-8-4-3-5-9(12)10(8)15(14)7-2-1-6-13/h3-5H,1-2,7H2. The van der Waals surface area contributed by atoms with Crippen molar-refractivity contribution in [3.63, 3.8) is 0 Å². The van der Waals surface area contributed by atoms with Gasteiger partial charge in [-0.1, -0.05) is 29.3 Å². The molecule has 0 fully saturated rings. The fourth-order valence-corrected chi connectivity index (χ4v) is 3.18. The Kier molecular flexibility index (Phi) is 5.10. The minimum atomic E-state index is -1.22. The Morgan fingerprint density at radius 2 is 1.93 bits per heavy atom. The van der Waals surface area contributed by atoms with Gasteiger partial charge >= 0.3 is 0 Å². The second-order valence-electron chi connectivity index (χ2n) is 2.86. The molecular weight excluding hydrogens is 253 g/mol. The lowest BCUT2D eigenvalue weighted by molar-refractivity contribution is 0.681. The topological polar surface area (TPSA) is 40.9 Å². The summed E-state index contributed by atoms with van der Waals surface area (Å²) in [7, 11) is -1.22. The highest BCUT2D eigenvalue weighted by atomic mass is 35.5. The summed E-state index contributed by atoms with van der Waals surface area (Å²) in [6.07, 6.45) is 0.985. The summed E-state index contributed by atoms with van der Waals surface area (Å²) in [6, 6.07) is 7.03. The maximum absolute atomic E-state index is 11.8. The molecule has 2 nitrogen and oxygen atoms in total. The van der Waals surface area contributed by atoms with Crippen LogP contribution in [-0.4, -0.2) is 9.96 Å². The number of hydrogen-bond acceptors (Lipinski definition) is 2. The molecule has 1 rings (SSSR count). The van der Waals surface area contributed by atoms with Crippen molar-refractivity contribution < 1.29 is 4.21 Å². The monoisotopic (exact) mass is 261 g/mol. The lowest BCUT2D eigenvalue weighted by Crippen LogP contribution is -1.99. The Hall–Kier alpha value is -0.560. The van der Waals surface area contributed by atoms with Crippen LogP contribution in [0.5, 0.6) is 0 Å². The van der Waals surface area contributed by atoms with Crippen molar-refractivity contribution >= 4 is 34.0 Å². The predicted octanol–water partition coefficient (Wildman–Crippen LogP) is 3.40. The van der Waals surface area contributed by atoms with Crippen LogP contribution < -0.4 is 0 Å². The van der Waals surface area contributed by atoms with Crippen LogP contribution >= 0.6 is 23.2 Å². The Balaban J connectivity index is 2.78. The molecule has 0 aliphatic heterocycles. The Labute approximate surface area is 101 Å². The van der Waals surface area contributed by atoms with Crippen molar-refractivity contribution in [2.75, 3.05) is 5.75 Å². The molecule has 0 N–H and O–H groups in total. The van der Waals surface area contributed by atoms with Crippen molar-refractivity contribution in [3.05, 3.63) is 28.2 Å². The van der Waals surface area contributed by atoms with Crippen LogP contribution in [0.3, 0.4) is 0 Å². The molecule has 0 aliphatic carbocycles. The van der Waals surface area contributed by atoms with Gasteiger partial charge in [-0.2, -0.15) is 5.26 Å². The summed E-state index contributed by atoms with van der Waals surface area (Å²) >= 11 is 11.8. The predicted molar refractivity (Wildman–Crippen MR) is 62.6 cm³/mol. The minimum absolute atomic E-state index is 0.397. The number of hydrogen-bond donors (Lipinski definition) is 0. The summed E-state index contributed by atoms with van der Waals surface area (Å²) in [4.78, 5) is 0.471. The molecule has 0 bridgehead atoms. The lowest BCUT2D eigenvalue weighted by Gasteiger charge is -2.05. The number of unbranched alkanes of at least 4 members (excludes halogenated alkanes) is 1. The molecule has 0 heterocycles. The number of benzene rings is 1. The van der Waals surface area contributed by atoms with Crippen molar-refractivity contribution in [3.8, 4) is 6.07 Å². The van der Waals surface area contributed by atoms with Crippen LogP contribution in [0, 0.1) is 11.3 Å². The zero-order chi connectivity index (χ0) is 11.3. The average Bonchev–Trinajstić information content (AvgIpc) is 2.18. The molecule has 80 valence electrons. The SMILES string of the molecule is N#CCCCS(=O)c1c(Cl)cccc1Cl.